The average Bonchev–Trinajstić information content (AvgIpc) is 2.70. The van der Waals surface area contributed by atoms with Crippen LogP contribution in [0.4, 0.5) is 0 Å². The van der Waals surface area contributed by atoms with Crippen LogP contribution in [0.25, 0.3) is 0 Å². The van der Waals surface area contributed by atoms with Crippen molar-refractivity contribution < 1.29 is 24.3 Å². The highest BCUT2D eigenvalue weighted by Gasteiger charge is 2.33. The molecule has 0 aromatic heterocycles. The normalized spacial score (nSPS) is 17.0. The number of rotatable bonds is 14. The Morgan fingerprint density at radius 3 is 1.80 bits per heavy atom. The molecule has 0 aliphatic carbocycles. The zero-order chi connectivity index (χ0) is 23.4. The van der Waals surface area contributed by atoms with Gasteiger partial charge in [-0.05, 0) is 37.2 Å². The van der Waals surface area contributed by atoms with Gasteiger partial charge in [0.05, 0.1) is 6.04 Å². The molecular formula is C20H38N4O5S. The maximum Gasteiger partial charge on any atom is 0.326 e. The standard InChI is InChI=1S/C20H38N4O5S/c1-7-11(3)15(19(27)24-16(20(28)29)12(4)8-2)23-18(26)14(9-10-30-6)22-17(25)13(5)21/h11-16H,7-10,21H2,1-6H3,(H,22,25)(H,23,26)(H,24,27)(H,28,29). The Balaban J connectivity index is 5.49. The van der Waals surface area contributed by atoms with E-state index in [0.29, 0.717) is 25.0 Å². The van der Waals surface area contributed by atoms with Crippen molar-refractivity contribution in [3.63, 3.8) is 0 Å². The van der Waals surface area contributed by atoms with Crippen LogP contribution in [0.3, 0.4) is 0 Å². The predicted molar refractivity (Wildman–Crippen MR) is 119 cm³/mol. The highest BCUT2D eigenvalue weighted by atomic mass is 32.2. The van der Waals surface area contributed by atoms with Gasteiger partial charge in [-0.3, -0.25) is 14.4 Å². The number of hydrogen-bond acceptors (Lipinski definition) is 6. The maximum absolute atomic E-state index is 12.9. The van der Waals surface area contributed by atoms with Gasteiger partial charge in [0, 0.05) is 0 Å². The number of carboxylic acid groups (broad SMARTS) is 1. The van der Waals surface area contributed by atoms with E-state index in [4.69, 9.17) is 5.73 Å². The Morgan fingerprint density at radius 1 is 0.867 bits per heavy atom. The van der Waals surface area contributed by atoms with Crippen LogP contribution < -0.4 is 21.7 Å². The minimum atomic E-state index is -1.12. The van der Waals surface area contributed by atoms with Crippen LogP contribution in [0, 0.1) is 11.8 Å². The third-order valence-electron chi connectivity index (χ3n) is 5.23. The monoisotopic (exact) mass is 446 g/mol. The fraction of sp³-hybridized carbons (Fsp3) is 0.800. The first kappa shape index (κ1) is 28.2. The van der Waals surface area contributed by atoms with Gasteiger partial charge in [-0.25, -0.2) is 4.79 Å². The van der Waals surface area contributed by atoms with E-state index in [-0.39, 0.29) is 11.8 Å². The van der Waals surface area contributed by atoms with Crippen LogP contribution in [0.15, 0.2) is 0 Å². The van der Waals surface area contributed by atoms with Crippen LogP contribution in [0.2, 0.25) is 0 Å². The second-order valence-corrected chi connectivity index (χ2v) is 8.70. The summed E-state index contributed by atoms with van der Waals surface area (Å²) in [7, 11) is 0. The molecule has 0 radical (unpaired) electrons. The second kappa shape index (κ2) is 14.2. The molecule has 174 valence electrons. The summed E-state index contributed by atoms with van der Waals surface area (Å²) in [6, 6.07) is -3.57. The van der Waals surface area contributed by atoms with Crippen molar-refractivity contribution in [1.82, 2.24) is 16.0 Å². The van der Waals surface area contributed by atoms with Gasteiger partial charge in [-0.2, -0.15) is 11.8 Å². The molecule has 0 saturated heterocycles. The van der Waals surface area contributed by atoms with Crippen molar-refractivity contribution in [2.75, 3.05) is 12.0 Å². The van der Waals surface area contributed by atoms with Gasteiger partial charge in [-0.1, -0.05) is 40.5 Å². The smallest absolute Gasteiger partial charge is 0.326 e. The molecule has 0 aromatic carbocycles. The van der Waals surface area contributed by atoms with Crippen molar-refractivity contribution in [2.24, 2.45) is 17.6 Å². The van der Waals surface area contributed by atoms with Crippen molar-refractivity contribution in [3.8, 4) is 0 Å². The number of carboxylic acids is 1. The molecule has 0 aliphatic rings. The maximum atomic E-state index is 12.9. The molecule has 0 heterocycles. The Labute approximate surface area is 183 Å². The van der Waals surface area contributed by atoms with Gasteiger partial charge in [0.25, 0.3) is 0 Å². The van der Waals surface area contributed by atoms with E-state index in [9.17, 15) is 24.3 Å². The Kier molecular flexibility index (Phi) is 13.4. The van der Waals surface area contributed by atoms with E-state index >= 15 is 0 Å². The Morgan fingerprint density at radius 2 is 1.37 bits per heavy atom. The molecular weight excluding hydrogens is 408 g/mol. The third-order valence-corrected chi connectivity index (χ3v) is 5.87. The van der Waals surface area contributed by atoms with Crippen molar-refractivity contribution in [3.05, 3.63) is 0 Å². The van der Waals surface area contributed by atoms with Crippen LogP contribution in [-0.2, 0) is 19.2 Å². The summed E-state index contributed by atoms with van der Waals surface area (Å²) in [6.07, 6.45) is 3.45. The van der Waals surface area contributed by atoms with Gasteiger partial charge < -0.3 is 26.8 Å². The van der Waals surface area contributed by atoms with Gasteiger partial charge in [0.2, 0.25) is 17.7 Å². The van der Waals surface area contributed by atoms with Crippen LogP contribution in [0.5, 0.6) is 0 Å². The first-order chi connectivity index (χ1) is 14.0. The number of thioether (sulfide) groups is 1. The van der Waals surface area contributed by atoms with Gasteiger partial charge in [0.1, 0.15) is 18.1 Å². The molecule has 0 spiro atoms. The van der Waals surface area contributed by atoms with Gasteiger partial charge >= 0.3 is 5.97 Å². The van der Waals surface area contributed by atoms with Crippen molar-refractivity contribution in [1.29, 1.82) is 0 Å². The lowest BCUT2D eigenvalue weighted by Crippen LogP contribution is -2.59. The van der Waals surface area contributed by atoms with Gasteiger partial charge in [0.15, 0.2) is 0 Å². The Bertz CT molecular complexity index is 588. The fourth-order valence-corrected chi connectivity index (χ4v) is 3.16. The minimum absolute atomic E-state index is 0.231. The molecule has 0 saturated carbocycles. The number of nitrogens with two attached hydrogens (primary N) is 1. The molecule has 0 rings (SSSR count). The summed E-state index contributed by atoms with van der Waals surface area (Å²) in [6.45, 7) is 8.80. The quantitative estimate of drug-likeness (QED) is 0.264. The molecule has 6 unspecified atom stereocenters. The molecule has 0 bridgehead atoms. The van der Waals surface area contributed by atoms with Crippen molar-refractivity contribution >= 4 is 35.5 Å². The molecule has 30 heavy (non-hydrogen) atoms. The molecule has 9 nitrogen and oxygen atoms in total. The number of nitrogens with one attached hydrogen (secondary N) is 3. The SMILES string of the molecule is CCC(C)C(NC(=O)C(NC(=O)C(CCSC)NC(=O)C(C)N)C(C)CC)C(=O)O. The molecule has 3 amide bonds. The first-order valence-electron chi connectivity index (χ1n) is 10.4. The third kappa shape index (κ3) is 9.34. The van der Waals surface area contributed by atoms with E-state index in [0.717, 1.165) is 0 Å². The summed E-state index contributed by atoms with van der Waals surface area (Å²) >= 11 is 1.53. The van der Waals surface area contributed by atoms with Gasteiger partial charge in [-0.15, -0.1) is 0 Å². The largest absolute Gasteiger partial charge is 0.480 e. The summed E-state index contributed by atoms with van der Waals surface area (Å²) in [4.78, 5) is 49.3. The molecule has 6 atom stereocenters. The topological polar surface area (TPSA) is 151 Å². The molecule has 0 aliphatic heterocycles. The summed E-state index contributed by atoms with van der Waals surface area (Å²) in [5.41, 5.74) is 5.59. The molecule has 6 N–H and O–H groups in total. The van der Waals surface area contributed by atoms with E-state index in [1.54, 1.807) is 13.8 Å². The highest BCUT2D eigenvalue weighted by Crippen LogP contribution is 2.13. The number of amides is 3. The van der Waals surface area contributed by atoms with E-state index in [1.165, 1.54) is 18.7 Å². The zero-order valence-corrected chi connectivity index (χ0v) is 19.7. The Hall–Kier alpha value is -1.81. The summed E-state index contributed by atoms with van der Waals surface area (Å²) < 4.78 is 0. The number of hydrogen-bond donors (Lipinski definition) is 5. The molecule has 0 fully saturated rings. The lowest BCUT2D eigenvalue weighted by molar-refractivity contribution is -0.144. The fourth-order valence-electron chi connectivity index (χ4n) is 2.69. The molecule has 10 heteroatoms. The van der Waals surface area contributed by atoms with Crippen LogP contribution in [-0.4, -0.2) is 65.0 Å². The number of aliphatic carboxylic acids is 1. The first-order valence-corrected chi connectivity index (χ1v) is 11.8. The lowest BCUT2D eigenvalue weighted by Gasteiger charge is -2.29. The highest BCUT2D eigenvalue weighted by molar-refractivity contribution is 7.98. The number of carbonyl (C=O) groups is 4. The van der Waals surface area contributed by atoms with E-state index < -0.39 is 47.9 Å². The van der Waals surface area contributed by atoms with E-state index in [1.807, 2.05) is 20.1 Å². The average molecular weight is 447 g/mol. The summed E-state index contributed by atoms with van der Waals surface area (Å²) in [5.74, 6) is -2.48. The molecule has 0 aromatic rings. The van der Waals surface area contributed by atoms with Crippen molar-refractivity contribution in [2.45, 2.75) is 78.0 Å². The number of carbonyl (C=O) groups excluding carboxylic acids is 3. The summed E-state index contributed by atoms with van der Waals surface area (Å²) in [5, 5.41) is 17.4. The van der Waals surface area contributed by atoms with E-state index in [2.05, 4.69) is 16.0 Å². The second-order valence-electron chi connectivity index (χ2n) is 7.71. The predicted octanol–water partition coefficient (Wildman–Crippen LogP) is 0.718. The minimum Gasteiger partial charge on any atom is -0.480 e. The zero-order valence-electron chi connectivity index (χ0n) is 18.9. The lowest BCUT2D eigenvalue weighted by atomic mass is 9.95. The van der Waals surface area contributed by atoms with Crippen LogP contribution >= 0.6 is 11.8 Å². The van der Waals surface area contributed by atoms with Crippen LogP contribution in [0.1, 0.15) is 53.9 Å².